The molecule has 0 saturated heterocycles. The highest BCUT2D eigenvalue weighted by molar-refractivity contribution is 9.10. The Kier molecular flexibility index (Phi) is 9.40. The molecule has 0 unspecified atom stereocenters. The van der Waals surface area contributed by atoms with Gasteiger partial charge in [-0.1, -0.05) is 81.5 Å². The molecule has 0 saturated carbocycles. The zero-order chi connectivity index (χ0) is 28.1. The number of benzene rings is 2. The van der Waals surface area contributed by atoms with Crippen LogP contribution in [0.15, 0.2) is 80.6 Å². The monoisotopic (exact) mass is 608 g/mol. The van der Waals surface area contributed by atoms with Crippen LogP contribution in [0, 0.1) is 0 Å². The highest BCUT2D eigenvalue weighted by atomic mass is 79.9. The predicted octanol–water partition coefficient (Wildman–Crippen LogP) is 6.03. The molecule has 4 rings (SSSR count). The van der Waals surface area contributed by atoms with Gasteiger partial charge >= 0.3 is 5.97 Å². The van der Waals surface area contributed by atoms with Crippen molar-refractivity contribution in [3.8, 4) is 5.75 Å². The Hall–Kier alpha value is -3.23. The molecule has 0 spiro atoms. The Balaban J connectivity index is 1.91. The van der Waals surface area contributed by atoms with Gasteiger partial charge in [-0.05, 0) is 70.1 Å². The number of carbonyl (C=O) groups is 1. The number of thiazole rings is 1. The lowest BCUT2D eigenvalue weighted by atomic mass is 9.92. The summed E-state index contributed by atoms with van der Waals surface area (Å²) in [6.07, 6.45) is 4.95. The molecule has 39 heavy (non-hydrogen) atoms. The number of nitrogens with zero attached hydrogens (tertiary/aromatic N) is 2. The van der Waals surface area contributed by atoms with E-state index in [9.17, 15) is 9.59 Å². The molecule has 6 nitrogen and oxygen atoms in total. The topological polar surface area (TPSA) is 69.9 Å². The molecular weight excluding hydrogens is 576 g/mol. The third kappa shape index (κ3) is 6.17. The van der Waals surface area contributed by atoms with Gasteiger partial charge in [0.05, 0.1) is 32.9 Å². The summed E-state index contributed by atoms with van der Waals surface area (Å²) >= 11 is 4.88. The Bertz CT molecular complexity index is 1580. The maximum absolute atomic E-state index is 13.9. The van der Waals surface area contributed by atoms with Gasteiger partial charge in [0.15, 0.2) is 4.80 Å². The zero-order valence-electron chi connectivity index (χ0n) is 22.7. The minimum absolute atomic E-state index is 0.197. The van der Waals surface area contributed by atoms with Crippen LogP contribution in [-0.4, -0.2) is 23.8 Å². The summed E-state index contributed by atoms with van der Waals surface area (Å²) in [5.74, 6) is 0.627. The highest BCUT2D eigenvalue weighted by Crippen LogP contribution is 2.33. The Labute approximate surface area is 241 Å². The highest BCUT2D eigenvalue weighted by Gasteiger charge is 2.34. The summed E-state index contributed by atoms with van der Waals surface area (Å²) in [5, 5.41) is 0. The minimum atomic E-state index is -0.619. The van der Waals surface area contributed by atoms with Crippen LogP contribution >= 0.6 is 27.3 Å². The van der Waals surface area contributed by atoms with Crippen molar-refractivity contribution >= 4 is 39.3 Å². The van der Waals surface area contributed by atoms with Crippen molar-refractivity contribution in [1.82, 2.24) is 4.57 Å². The summed E-state index contributed by atoms with van der Waals surface area (Å²) in [4.78, 5) is 32.6. The van der Waals surface area contributed by atoms with Gasteiger partial charge in [-0.3, -0.25) is 9.36 Å². The fourth-order valence-corrected chi connectivity index (χ4v) is 6.05. The van der Waals surface area contributed by atoms with E-state index in [1.807, 2.05) is 43.3 Å². The Morgan fingerprint density at radius 3 is 2.56 bits per heavy atom. The van der Waals surface area contributed by atoms with Crippen LogP contribution in [0.5, 0.6) is 5.75 Å². The number of rotatable bonds is 10. The first-order valence-electron chi connectivity index (χ1n) is 13.1. The van der Waals surface area contributed by atoms with Gasteiger partial charge in [-0.15, -0.1) is 0 Å². The molecule has 3 aromatic rings. The second-order valence-corrected chi connectivity index (χ2v) is 11.4. The number of esters is 1. The normalized spacial score (nSPS) is 15.2. The molecular formula is C31H33BrN2O4S. The van der Waals surface area contributed by atoms with Gasteiger partial charge in [-0.25, -0.2) is 9.79 Å². The van der Waals surface area contributed by atoms with Crippen LogP contribution < -0.4 is 19.6 Å². The van der Waals surface area contributed by atoms with Gasteiger partial charge in [0.1, 0.15) is 12.4 Å². The van der Waals surface area contributed by atoms with E-state index >= 15 is 0 Å². The van der Waals surface area contributed by atoms with Gasteiger partial charge < -0.3 is 9.47 Å². The SMILES string of the molecule is C=CCOc1ccc(/C=c2\sc3n(c2=O)[C@@H](c2ccc(C(C)C)cc2)C(C(=O)OCC)=C(CCC)N=3)cc1Br. The molecule has 1 aliphatic rings. The molecule has 0 amide bonds. The molecule has 2 heterocycles. The molecule has 1 atom stereocenters. The molecule has 0 N–H and O–H groups in total. The maximum Gasteiger partial charge on any atom is 0.338 e. The van der Waals surface area contributed by atoms with Crippen molar-refractivity contribution in [3.05, 3.63) is 107 Å². The van der Waals surface area contributed by atoms with Crippen LogP contribution in [0.1, 0.15) is 69.2 Å². The third-order valence-corrected chi connectivity index (χ3v) is 8.02. The van der Waals surface area contributed by atoms with Gasteiger partial charge in [0.25, 0.3) is 5.56 Å². The van der Waals surface area contributed by atoms with Crippen molar-refractivity contribution in [2.24, 2.45) is 4.99 Å². The summed E-state index contributed by atoms with van der Waals surface area (Å²) in [6.45, 7) is 12.4. The summed E-state index contributed by atoms with van der Waals surface area (Å²) in [7, 11) is 0. The van der Waals surface area contributed by atoms with Crippen LogP contribution in [0.3, 0.4) is 0 Å². The van der Waals surface area contributed by atoms with E-state index in [0.29, 0.717) is 45.3 Å². The zero-order valence-corrected chi connectivity index (χ0v) is 25.1. The lowest BCUT2D eigenvalue weighted by molar-refractivity contribution is -0.139. The molecule has 1 aliphatic heterocycles. The van der Waals surface area contributed by atoms with E-state index in [1.165, 1.54) is 16.9 Å². The number of hydrogen-bond donors (Lipinski definition) is 0. The van der Waals surface area contributed by atoms with E-state index in [0.717, 1.165) is 22.0 Å². The van der Waals surface area contributed by atoms with E-state index in [2.05, 4.69) is 48.5 Å². The van der Waals surface area contributed by atoms with Gasteiger partial charge in [-0.2, -0.15) is 0 Å². The van der Waals surface area contributed by atoms with Crippen LogP contribution in [0.4, 0.5) is 0 Å². The lowest BCUT2D eigenvalue weighted by Crippen LogP contribution is -2.40. The first-order chi connectivity index (χ1) is 18.8. The van der Waals surface area contributed by atoms with E-state index in [1.54, 1.807) is 17.6 Å². The third-order valence-electron chi connectivity index (χ3n) is 6.42. The number of carbonyl (C=O) groups excluding carboxylic acids is 1. The van der Waals surface area contributed by atoms with Crippen LogP contribution in [-0.2, 0) is 9.53 Å². The Morgan fingerprint density at radius 1 is 1.21 bits per heavy atom. The second-order valence-electron chi connectivity index (χ2n) is 9.52. The molecule has 204 valence electrons. The molecule has 0 radical (unpaired) electrons. The molecule has 2 aromatic carbocycles. The average molecular weight is 610 g/mol. The van der Waals surface area contributed by atoms with Crippen molar-refractivity contribution < 1.29 is 14.3 Å². The number of fused-ring (bicyclic) bond motifs is 1. The second kappa shape index (κ2) is 12.7. The number of aromatic nitrogens is 1. The quantitative estimate of drug-likeness (QED) is 0.208. The predicted molar refractivity (Wildman–Crippen MR) is 160 cm³/mol. The molecule has 0 aliphatic carbocycles. The Morgan fingerprint density at radius 2 is 1.95 bits per heavy atom. The van der Waals surface area contributed by atoms with E-state index in [-0.39, 0.29) is 12.2 Å². The van der Waals surface area contributed by atoms with E-state index < -0.39 is 12.0 Å². The summed E-state index contributed by atoms with van der Waals surface area (Å²) in [5.41, 5.74) is 3.79. The molecule has 8 heteroatoms. The van der Waals surface area contributed by atoms with Crippen molar-refractivity contribution in [3.63, 3.8) is 0 Å². The first-order valence-corrected chi connectivity index (χ1v) is 14.7. The molecule has 1 aromatic heterocycles. The van der Waals surface area contributed by atoms with Gasteiger partial charge in [0, 0.05) is 0 Å². The summed E-state index contributed by atoms with van der Waals surface area (Å²) in [6, 6.07) is 13.2. The fraction of sp³-hybridized carbons (Fsp3) is 0.323. The summed E-state index contributed by atoms with van der Waals surface area (Å²) < 4.78 is 14.1. The number of ether oxygens (including phenoxy) is 2. The van der Waals surface area contributed by atoms with E-state index in [4.69, 9.17) is 14.5 Å². The standard InChI is InChI=1S/C31H33BrN2O4S/c1-6-9-24-27(30(36)37-8-3)28(22-13-11-21(12-14-22)19(4)5)34-29(35)26(39-31(34)33-24)18-20-10-15-25(23(32)17-20)38-16-7-2/h7,10-15,17-19,28H,2,6,8-9,16H2,1,3-5H3/b26-18-/t28-/m0/s1. The minimum Gasteiger partial charge on any atom is -0.488 e. The van der Waals surface area contributed by atoms with Crippen molar-refractivity contribution in [2.75, 3.05) is 13.2 Å². The fourth-order valence-electron chi connectivity index (χ4n) is 4.52. The first kappa shape index (κ1) is 28.8. The van der Waals surface area contributed by atoms with Crippen molar-refractivity contribution in [2.45, 2.75) is 52.5 Å². The largest absolute Gasteiger partial charge is 0.488 e. The van der Waals surface area contributed by atoms with Crippen LogP contribution in [0.25, 0.3) is 6.08 Å². The average Bonchev–Trinajstić information content (AvgIpc) is 3.22. The number of hydrogen-bond acceptors (Lipinski definition) is 6. The van der Waals surface area contributed by atoms with Gasteiger partial charge in [0.2, 0.25) is 0 Å². The number of allylic oxidation sites excluding steroid dienone is 1. The molecule has 0 bridgehead atoms. The lowest BCUT2D eigenvalue weighted by Gasteiger charge is -2.26. The number of halogens is 1. The molecule has 0 fully saturated rings. The smallest absolute Gasteiger partial charge is 0.338 e. The maximum atomic E-state index is 13.9. The van der Waals surface area contributed by atoms with Crippen LogP contribution in [0.2, 0.25) is 0 Å². The van der Waals surface area contributed by atoms with Crippen molar-refractivity contribution in [1.29, 1.82) is 0 Å².